The summed E-state index contributed by atoms with van der Waals surface area (Å²) < 4.78 is 0. The van der Waals surface area contributed by atoms with Gasteiger partial charge in [0.05, 0.1) is 19.1 Å². The van der Waals surface area contributed by atoms with Crippen molar-refractivity contribution in [2.24, 2.45) is 22.2 Å². The largest absolute Gasteiger partial charge is 0.481 e. The maximum atomic E-state index is 13.4. The van der Waals surface area contributed by atoms with Crippen molar-refractivity contribution in [3.63, 3.8) is 0 Å². The highest BCUT2D eigenvalue weighted by Crippen LogP contribution is 2.07. The van der Waals surface area contributed by atoms with Crippen molar-refractivity contribution >= 4 is 59.4 Å². The van der Waals surface area contributed by atoms with Crippen molar-refractivity contribution < 1.29 is 68.7 Å². The van der Waals surface area contributed by atoms with E-state index in [0.29, 0.717) is 5.56 Å². The maximum absolute atomic E-state index is 13.4. The fourth-order valence-corrected chi connectivity index (χ4v) is 4.74. The van der Waals surface area contributed by atoms with Crippen LogP contribution < -0.4 is 43.8 Å². The molecule has 6 atom stereocenters. The van der Waals surface area contributed by atoms with E-state index < -0.39 is 128 Å². The molecule has 0 spiro atoms. The van der Waals surface area contributed by atoms with Crippen molar-refractivity contribution in [3.8, 4) is 0 Å². The molecule has 0 saturated carbocycles. The monoisotopic (exact) mass is 781 g/mol. The van der Waals surface area contributed by atoms with E-state index in [1.807, 2.05) is 5.32 Å². The molecule has 0 unspecified atom stereocenters. The van der Waals surface area contributed by atoms with Crippen LogP contribution in [0.15, 0.2) is 35.3 Å². The SMILES string of the molecule is NC(N)=NCCC[C@H](NC(=O)[C@H](CC(=O)O)NC(=O)[C@H](CCC(=O)O)NC(=O)[C@H](CCC(=O)O)NC(=O)[C@H](CO)NC(=O)[C@@H](N)Cc1ccccc1)C(=O)O. The Kier molecular flexibility index (Phi) is 20.4. The van der Waals surface area contributed by atoms with Gasteiger partial charge in [0.15, 0.2) is 5.96 Å². The summed E-state index contributed by atoms with van der Waals surface area (Å²) in [6, 6.07) is -1.39. The number of amides is 5. The van der Waals surface area contributed by atoms with Gasteiger partial charge in [-0.1, -0.05) is 30.3 Å². The lowest BCUT2D eigenvalue weighted by atomic mass is 10.0. The third-order valence-electron chi connectivity index (χ3n) is 7.58. The first-order valence-corrected chi connectivity index (χ1v) is 16.7. The quantitative estimate of drug-likeness (QED) is 0.0239. The van der Waals surface area contributed by atoms with E-state index in [2.05, 4.69) is 26.3 Å². The Morgan fingerprint density at radius 2 is 1.05 bits per heavy atom. The number of aliphatic hydroxyl groups excluding tert-OH is 1. The number of nitrogens with zero attached hydrogens (tertiary/aromatic N) is 1. The van der Waals surface area contributed by atoms with Gasteiger partial charge in [0.2, 0.25) is 29.5 Å². The Morgan fingerprint density at radius 3 is 1.51 bits per heavy atom. The summed E-state index contributed by atoms with van der Waals surface area (Å²) in [4.78, 5) is 115. The maximum Gasteiger partial charge on any atom is 0.326 e. The van der Waals surface area contributed by atoms with Gasteiger partial charge in [-0.15, -0.1) is 0 Å². The number of carboxylic acids is 4. The highest BCUT2D eigenvalue weighted by molar-refractivity contribution is 5.97. The first-order valence-electron chi connectivity index (χ1n) is 16.7. The lowest BCUT2D eigenvalue weighted by molar-refractivity contribution is -0.144. The molecule has 0 aliphatic heterocycles. The van der Waals surface area contributed by atoms with Gasteiger partial charge in [-0.2, -0.15) is 0 Å². The van der Waals surface area contributed by atoms with Crippen molar-refractivity contribution in [2.75, 3.05) is 13.2 Å². The molecule has 304 valence electrons. The molecule has 0 saturated heterocycles. The second-order valence-corrected chi connectivity index (χ2v) is 12.0. The van der Waals surface area contributed by atoms with Crippen LogP contribution in [0.25, 0.3) is 0 Å². The molecule has 1 aromatic carbocycles. The minimum atomic E-state index is -1.95. The number of carbonyl (C=O) groups excluding carboxylic acids is 5. The van der Waals surface area contributed by atoms with Gasteiger partial charge in [0, 0.05) is 19.4 Å². The smallest absolute Gasteiger partial charge is 0.326 e. The summed E-state index contributed by atoms with van der Waals surface area (Å²) >= 11 is 0. The zero-order valence-electron chi connectivity index (χ0n) is 29.5. The Morgan fingerprint density at radius 1 is 0.600 bits per heavy atom. The molecule has 0 aliphatic rings. The average Bonchev–Trinajstić information content (AvgIpc) is 3.10. The van der Waals surface area contributed by atoms with Crippen LogP contribution in [0.4, 0.5) is 0 Å². The molecule has 0 bridgehead atoms. The lowest BCUT2D eigenvalue weighted by Crippen LogP contribution is -2.60. The number of hydrogen-bond donors (Lipinski definition) is 13. The van der Waals surface area contributed by atoms with Gasteiger partial charge in [-0.3, -0.25) is 43.3 Å². The molecule has 23 nitrogen and oxygen atoms in total. The zero-order valence-corrected chi connectivity index (χ0v) is 29.5. The number of aliphatic imine (C=N–C) groups is 1. The number of nitrogens with two attached hydrogens (primary N) is 3. The van der Waals surface area contributed by atoms with Gasteiger partial charge < -0.3 is 69.3 Å². The fourth-order valence-electron chi connectivity index (χ4n) is 4.74. The van der Waals surface area contributed by atoms with E-state index in [4.69, 9.17) is 17.2 Å². The summed E-state index contributed by atoms with van der Waals surface area (Å²) in [5.74, 6) is -12.1. The van der Waals surface area contributed by atoms with E-state index in [9.17, 15) is 68.7 Å². The van der Waals surface area contributed by atoms with E-state index >= 15 is 0 Å². The molecule has 16 N–H and O–H groups in total. The number of carboxylic acid groups (broad SMARTS) is 4. The van der Waals surface area contributed by atoms with Crippen LogP contribution >= 0.6 is 0 Å². The minimum absolute atomic E-state index is 0.00560. The Hall–Kier alpha value is -6.36. The predicted molar refractivity (Wildman–Crippen MR) is 188 cm³/mol. The summed E-state index contributed by atoms with van der Waals surface area (Å²) in [5.41, 5.74) is 17.1. The van der Waals surface area contributed by atoms with Gasteiger partial charge in [-0.05, 0) is 37.7 Å². The van der Waals surface area contributed by atoms with Crippen molar-refractivity contribution in [2.45, 2.75) is 87.6 Å². The molecule has 0 aromatic heterocycles. The van der Waals surface area contributed by atoms with Gasteiger partial charge >= 0.3 is 23.9 Å². The summed E-state index contributed by atoms with van der Waals surface area (Å²) in [7, 11) is 0. The fraction of sp³-hybridized carbons (Fsp3) is 0.500. The van der Waals surface area contributed by atoms with Crippen LogP contribution in [0.3, 0.4) is 0 Å². The number of benzene rings is 1. The average molecular weight is 782 g/mol. The minimum Gasteiger partial charge on any atom is -0.481 e. The normalized spacial score (nSPS) is 13.9. The third kappa shape index (κ3) is 18.8. The number of aliphatic carboxylic acids is 4. The molecule has 1 rings (SSSR count). The highest BCUT2D eigenvalue weighted by atomic mass is 16.4. The molecule has 5 amide bonds. The molecule has 0 aliphatic carbocycles. The highest BCUT2D eigenvalue weighted by Gasteiger charge is 2.34. The van der Waals surface area contributed by atoms with E-state index in [-0.39, 0.29) is 31.8 Å². The Labute approximate surface area is 313 Å². The number of aliphatic hydroxyl groups is 1. The molecule has 23 heteroatoms. The number of nitrogens with one attached hydrogen (secondary N) is 5. The second kappa shape index (κ2) is 24.1. The molecular formula is C32H47N9O14. The molecule has 1 aromatic rings. The molecule has 0 radical (unpaired) electrons. The molecular weight excluding hydrogens is 734 g/mol. The van der Waals surface area contributed by atoms with Crippen LogP contribution in [-0.4, -0.2) is 134 Å². The van der Waals surface area contributed by atoms with E-state index in [0.717, 1.165) is 0 Å². The standard InChI is InChI=1S/C32H47N9O14/c33-17(13-16-5-2-1-3-6-16)26(49)41-22(15-42)30(53)38-18(8-10-23(43)44)27(50)37-19(9-11-24(45)46)28(51)40-21(14-25(47)48)29(52)39-20(31(54)55)7-4-12-36-32(34)35/h1-3,5-6,17-22,42H,4,7-15,33H2,(H,37,50)(H,38,53)(H,39,52)(H,40,51)(H,41,49)(H,43,44)(H,45,46)(H,47,48)(H,54,55)(H4,34,35,36)/t17-,18-,19-,20-,21-,22-/m0/s1. The number of hydrogen-bond acceptors (Lipinski definition) is 12. The second-order valence-electron chi connectivity index (χ2n) is 12.0. The van der Waals surface area contributed by atoms with Crippen molar-refractivity contribution in [3.05, 3.63) is 35.9 Å². The summed E-state index contributed by atoms with van der Waals surface area (Å²) in [5, 5.41) is 57.9. The lowest BCUT2D eigenvalue weighted by Gasteiger charge is -2.26. The van der Waals surface area contributed by atoms with Crippen molar-refractivity contribution in [1.82, 2.24) is 26.6 Å². The molecule has 55 heavy (non-hydrogen) atoms. The Bertz CT molecular complexity index is 1560. The number of carbonyl (C=O) groups is 9. The van der Waals surface area contributed by atoms with Crippen LogP contribution in [0.5, 0.6) is 0 Å². The van der Waals surface area contributed by atoms with E-state index in [1.165, 1.54) is 0 Å². The number of rotatable bonds is 26. The van der Waals surface area contributed by atoms with E-state index in [1.54, 1.807) is 30.3 Å². The van der Waals surface area contributed by atoms with Gasteiger partial charge in [0.1, 0.15) is 30.2 Å². The predicted octanol–water partition coefficient (Wildman–Crippen LogP) is -4.68. The molecule has 0 fully saturated rings. The van der Waals surface area contributed by atoms with Crippen molar-refractivity contribution in [1.29, 1.82) is 0 Å². The van der Waals surface area contributed by atoms with Crippen LogP contribution in [0.2, 0.25) is 0 Å². The van der Waals surface area contributed by atoms with Crippen LogP contribution in [0, 0.1) is 0 Å². The van der Waals surface area contributed by atoms with Crippen LogP contribution in [-0.2, 0) is 49.6 Å². The third-order valence-corrected chi connectivity index (χ3v) is 7.58. The first-order chi connectivity index (χ1) is 25.8. The topological polar surface area (TPSA) is 405 Å². The molecule has 0 heterocycles. The zero-order chi connectivity index (χ0) is 41.7. The van der Waals surface area contributed by atoms with Crippen LogP contribution in [0.1, 0.15) is 50.5 Å². The Balaban J connectivity index is 3.20. The van der Waals surface area contributed by atoms with Gasteiger partial charge in [-0.25, -0.2) is 4.79 Å². The summed E-state index contributed by atoms with van der Waals surface area (Å²) in [6.45, 7) is -0.993. The van der Waals surface area contributed by atoms with Gasteiger partial charge in [0.25, 0.3) is 0 Å². The number of guanidine groups is 1. The first kappa shape index (κ1) is 46.7. The summed E-state index contributed by atoms with van der Waals surface area (Å²) in [6.07, 6.45) is -3.92.